The molecule has 12 aromatic rings. The van der Waals surface area contributed by atoms with Crippen LogP contribution in [0, 0.1) is 20.8 Å². The van der Waals surface area contributed by atoms with E-state index in [0.717, 1.165) is 168 Å². The number of H-pyrrole nitrogens is 3. The van der Waals surface area contributed by atoms with Crippen LogP contribution in [-0.2, 0) is 35.5 Å². The number of aryl methyl sites for hydroxylation is 6. The second-order valence-corrected chi connectivity index (χ2v) is 29.8. The zero-order valence-electron chi connectivity index (χ0n) is 69.1. The van der Waals surface area contributed by atoms with Gasteiger partial charge in [-0.2, -0.15) is 0 Å². The number of aromatic nitrogens is 18. The maximum absolute atomic E-state index is 13.5. The zero-order valence-corrected chi connectivity index (χ0v) is 69.1. The highest BCUT2D eigenvalue weighted by Gasteiger charge is 2.35. The van der Waals surface area contributed by atoms with Crippen molar-refractivity contribution in [2.45, 2.75) is 105 Å². The molecule has 9 N–H and O–H groups in total. The van der Waals surface area contributed by atoms with E-state index in [9.17, 15) is 14.4 Å². The molecule has 3 amide bonds. The summed E-state index contributed by atoms with van der Waals surface area (Å²) in [7, 11) is 16.5. The highest BCUT2D eigenvalue weighted by molar-refractivity contribution is 6.08. The smallest absolute Gasteiger partial charge is 0.256 e. The van der Waals surface area contributed by atoms with Crippen LogP contribution < -0.4 is 46.1 Å². The first-order valence-corrected chi connectivity index (χ1v) is 39.1. The van der Waals surface area contributed by atoms with E-state index < -0.39 is 0 Å². The first-order valence-electron chi connectivity index (χ1n) is 39.1. The number of pyridine rings is 3. The van der Waals surface area contributed by atoms with Gasteiger partial charge < -0.3 is 75.8 Å². The van der Waals surface area contributed by atoms with Crippen LogP contribution in [0.3, 0.4) is 0 Å². The van der Waals surface area contributed by atoms with Gasteiger partial charge in [-0.25, -0.2) is 44.9 Å². The number of hydrogen-bond acceptors (Lipinski definition) is 27. The minimum atomic E-state index is -0.220. The van der Waals surface area contributed by atoms with Gasteiger partial charge in [0.2, 0.25) is 35.6 Å². The number of anilines is 9. The number of amides is 3. The van der Waals surface area contributed by atoms with E-state index in [1.807, 2.05) is 85.6 Å². The number of nitrogens with one attached hydrogen (secondary N) is 9. The predicted octanol–water partition coefficient (Wildman–Crippen LogP) is 9.11. The number of ether oxygens (including phenoxy) is 3. The van der Waals surface area contributed by atoms with Crippen molar-refractivity contribution >= 4 is 103 Å². The van der Waals surface area contributed by atoms with Crippen LogP contribution >= 0.6 is 0 Å². The number of methoxy groups -OCH3 is 3. The third-order valence-electron chi connectivity index (χ3n) is 21.7. The van der Waals surface area contributed by atoms with Gasteiger partial charge in [0.1, 0.15) is 17.1 Å². The summed E-state index contributed by atoms with van der Waals surface area (Å²) in [4.78, 5) is 105. The minimum absolute atomic E-state index is 0.0386. The van der Waals surface area contributed by atoms with Crippen molar-refractivity contribution in [3.05, 3.63) is 109 Å². The number of likely N-dealkylation sites (N-methyl/N-ethyl adjacent to an activating group) is 3. The van der Waals surface area contributed by atoms with E-state index in [0.29, 0.717) is 82.1 Å². The van der Waals surface area contributed by atoms with E-state index in [1.165, 1.54) is 0 Å². The van der Waals surface area contributed by atoms with E-state index in [4.69, 9.17) is 29.2 Å². The van der Waals surface area contributed by atoms with Gasteiger partial charge in [-0.15, -0.1) is 15.3 Å². The Balaban J connectivity index is 0.000000151. The summed E-state index contributed by atoms with van der Waals surface area (Å²) < 4.78 is 21.0. The molecule has 0 saturated carbocycles. The number of aromatic amines is 3. The number of carbonyl (C=O) groups excluding carboxylic acids is 3. The molecule has 15 heterocycles. The molecule has 15 rings (SSSR count). The summed E-state index contributed by atoms with van der Waals surface area (Å²) in [6.07, 6.45) is 23.8. The van der Waals surface area contributed by atoms with Crippen molar-refractivity contribution < 1.29 is 28.6 Å². The normalized spacial score (nSPS) is 16.7. The lowest BCUT2D eigenvalue weighted by Gasteiger charge is -2.41. The van der Waals surface area contributed by atoms with Gasteiger partial charge in [0.25, 0.3) is 17.6 Å². The van der Waals surface area contributed by atoms with E-state index in [-0.39, 0.29) is 35.8 Å². The average molecular weight is 1580 g/mol. The van der Waals surface area contributed by atoms with Crippen LogP contribution in [0.4, 0.5) is 52.4 Å². The number of hydrogen-bond donors (Lipinski definition) is 9. The van der Waals surface area contributed by atoms with Crippen molar-refractivity contribution in [3.8, 4) is 51.4 Å². The van der Waals surface area contributed by atoms with Crippen molar-refractivity contribution in [2.75, 3.05) is 140 Å². The lowest BCUT2D eigenvalue weighted by Crippen LogP contribution is -2.57. The van der Waals surface area contributed by atoms with Crippen LogP contribution in [0.25, 0.3) is 66.5 Å². The molecule has 0 radical (unpaired) electrons. The second kappa shape index (κ2) is 36.2. The molecule has 36 nitrogen and oxygen atoms in total. The maximum Gasteiger partial charge on any atom is 0.256 e. The van der Waals surface area contributed by atoms with Crippen molar-refractivity contribution in [1.82, 2.24) is 119 Å². The molecule has 3 aliphatic rings. The average Bonchev–Trinajstić information content (AvgIpc) is 1.64. The van der Waals surface area contributed by atoms with Gasteiger partial charge in [-0.3, -0.25) is 43.1 Å². The molecule has 3 aliphatic heterocycles. The molecule has 5 atom stereocenters. The van der Waals surface area contributed by atoms with Crippen molar-refractivity contribution in [3.63, 3.8) is 0 Å². The molecular weight excluding hydrogens is 1480 g/mol. The third kappa shape index (κ3) is 18.0. The fourth-order valence-electron chi connectivity index (χ4n) is 15.3. The molecule has 0 spiro atoms. The van der Waals surface area contributed by atoms with Crippen LogP contribution in [0.2, 0.25) is 0 Å². The highest BCUT2D eigenvalue weighted by Crippen LogP contribution is 2.38. The highest BCUT2D eigenvalue weighted by atomic mass is 16.5. The Morgan fingerprint density at radius 1 is 0.448 bits per heavy atom. The summed E-state index contributed by atoms with van der Waals surface area (Å²) >= 11 is 0. The van der Waals surface area contributed by atoms with Gasteiger partial charge in [-0.05, 0) is 110 Å². The predicted molar refractivity (Wildman–Crippen MR) is 449 cm³/mol. The largest absolute Gasteiger partial charge is 0.478 e. The van der Waals surface area contributed by atoms with Gasteiger partial charge in [0, 0.05) is 187 Å². The molecule has 5 unspecified atom stereocenters. The van der Waals surface area contributed by atoms with Gasteiger partial charge in [0.15, 0.2) is 17.5 Å². The lowest BCUT2D eigenvalue weighted by atomic mass is 10.1. The Hall–Kier alpha value is -12.1. The topological polar surface area (TPSA) is 387 Å². The summed E-state index contributed by atoms with van der Waals surface area (Å²) in [5.74, 6) is 4.04. The number of rotatable bonds is 24. The minimum Gasteiger partial charge on any atom is -0.478 e. The van der Waals surface area contributed by atoms with E-state index in [2.05, 4.69) is 170 Å². The zero-order chi connectivity index (χ0) is 82.2. The quantitative estimate of drug-likeness (QED) is 0.0272. The number of fused-ring (bicyclic) bond motifs is 3. The summed E-state index contributed by atoms with van der Waals surface area (Å²) in [5, 5.41) is 34.4. The molecule has 116 heavy (non-hydrogen) atoms. The fraction of sp³-hybridized carbons (Fsp3) is 0.438. The summed E-state index contributed by atoms with van der Waals surface area (Å²) in [5.41, 5.74) is 12.0. The third-order valence-corrected chi connectivity index (χ3v) is 21.7. The number of piperazine rings is 3. The Kier molecular flexibility index (Phi) is 25.5. The van der Waals surface area contributed by atoms with Crippen molar-refractivity contribution in [2.24, 2.45) is 21.1 Å². The number of carbonyl (C=O) groups is 3. The number of nitrogens with zero attached hydrogens (tertiary/aromatic N) is 21. The van der Waals surface area contributed by atoms with Gasteiger partial charge in [-0.1, -0.05) is 20.8 Å². The molecule has 12 aromatic heterocycles. The molecule has 612 valence electrons. The Morgan fingerprint density at radius 2 is 0.802 bits per heavy atom. The molecule has 36 heteroatoms. The van der Waals surface area contributed by atoms with Gasteiger partial charge >= 0.3 is 0 Å². The second-order valence-electron chi connectivity index (χ2n) is 29.8. The first-order chi connectivity index (χ1) is 55.9. The first kappa shape index (κ1) is 81.9. The SMILES string of the molecule is CCC(C(=O)Nc1nccc2c(-c3nc(Nc4cn(C)nc4OC)ncc3C)c[nH]c12)N1CCN(C)C(C)C1.CCC(C(=O)Nc1nccc2c(-c3nc(Nc4cn(C)nc4OC)ncc3C)c[nH]c12)N1CCN(C)CC1.CCC(C(=O)Nc1nccc2c(-c3nc(Nc4cn(C)nc4OC)ncc3C)c[nH]c12)N1CCN(C)CC1C. The van der Waals surface area contributed by atoms with Crippen LogP contribution in [0.5, 0.6) is 17.6 Å². The molecule has 0 bridgehead atoms. The standard InChI is InChI=1S/2C27H36N10O2.C26H34N10O2/c1-7-21(37-11-10-35(4)17(3)14-37)25(38)33-24-23-18(8-9-28-24)19(13-29-23)22-16(2)12-30-27(32-22)31-20-15-36(5)34-26(20)39-6;1-7-21(37-11-10-35(4)14-17(37)3)25(38)33-24-23-18(8-9-28-24)19(13-29-23)22-16(2)12-30-27(32-22)31-20-15-36(5)34-26(20)39-6;1-6-20(36-11-9-34(3)10-12-36)24(37)32-23-22-17(7-8-27-23)18(14-28-22)21-16(2)13-29-26(31-21)30-19-15-35(4)33-25(19)38-5/h2*8-9,12-13,15,17,21,29H,7,10-11,14H2,1-6H3,(H,28,33,38)(H,30,31,32);7-8,13-15,20,28H,6,9-12H2,1-5H3,(H,27,32,37)(H,29,30,31). The van der Waals surface area contributed by atoms with Crippen LogP contribution in [-0.4, -0.2) is 274 Å². The van der Waals surface area contributed by atoms with Gasteiger partial charge in [0.05, 0.1) is 91.7 Å². The van der Waals surface area contributed by atoms with Crippen molar-refractivity contribution in [1.29, 1.82) is 0 Å². The molecule has 0 aliphatic carbocycles. The van der Waals surface area contributed by atoms with Crippen LogP contribution in [0.1, 0.15) is 70.6 Å². The lowest BCUT2D eigenvalue weighted by molar-refractivity contribution is -0.123. The van der Waals surface area contributed by atoms with Crippen LogP contribution in [0.15, 0.2) is 92.6 Å². The maximum atomic E-state index is 13.5. The molecular formula is C80H106N30O6. The Bertz CT molecular complexity index is 5440. The Morgan fingerprint density at radius 3 is 1.16 bits per heavy atom. The monoisotopic (exact) mass is 1580 g/mol. The molecule has 3 saturated heterocycles. The molecule has 0 aromatic carbocycles. The van der Waals surface area contributed by atoms with E-state index in [1.54, 1.807) is 91.1 Å². The Labute approximate surface area is 673 Å². The summed E-state index contributed by atoms with van der Waals surface area (Å²) in [6.45, 7) is 25.5. The summed E-state index contributed by atoms with van der Waals surface area (Å²) in [6, 6.07) is 5.85. The molecule has 3 fully saturated rings. The fourth-order valence-corrected chi connectivity index (χ4v) is 15.3. The van der Waals surface area contributed by atoms with E-state index >= 15 is 0 Å².